The minimum atomic E-state index is -2.67. The monoisotopic (exact) mass is 430 g/mol. The molecule has 1 saturated heterocycles. The number of ether oxygens (including phenoxy) is 2. The number of amides is 1. The van der Waals surface area contributed by atoms with E-state index in [1.54, 1.807) is 0 Å². The summed E-state index contributed by atoms with van der Waals surface area (Å²) in [4.78, 5) is 19.3. The minimum absolute atomic E-state index is 0.187. The van der Waals surface area contributed by atoms with E-state index in [1.165, 1.54) is 11.1 Å². The zero-order valence-corrected chi connectivity index (χ0v) is 18.0. The maximum Gasteiger partial charge on any atom is 0.296 e. The molecule has 3 aliphatic heterocycles. The minimum Gasteiger partial charge on any atom is -0.448 e. The Bertz CT molecular complexity index is 978. The predicted molar refractivity (Wildman–Crippen MR) is 110 cm³/mol. The normalized spacial score (nSPS) is 39.7. The van der Waals surface area contributed by atoms with Crippen molar-refractivity contribution in [2.24, 2.45) is 15.8 Å². The van der Waals surface area contributed by atoms with Crippen molar-refractivity contribution in [3.63, 3.8) is 0 Å². The number of hydrogen-bond acceptors (Lipinski definition) is 4. The zero-order chi connectivity index (χ0) is 21.7. The molecule has 3 heterocycles. The fourth-order valence-corrected chi connectivity index (χ4v) is 7.15. The number of piperidine rings is 1. The van der Waals surface area contributed by atoms with Gasteiger partial charge in [0.05, 0.1) is 12.2 Å². The van der Waals surface area contributed by atoms with E-state index in [2.05, 4.69) is 23.2 Å². The van der Waals surface area contributed by atoms with E-state index in [1.807, 2.05) is 24.8 Å². The molecule has 5 nitrogen and oxygen atoms in total. The smallest absolute Gasteiger partial charge is 0.296 e. The molecule has 0 N–H and O–H groups in total. The lowest BCUT2D eigenvalue weighted by Crippen LogP contribution is -2.47. The quantitative estimate of drug-likeness (QED) is 0.612. The van der Waals surface area contributed by atoms with E-state index < -0.39 is 22.4 Å². The topological polar surface area (TPSA) is 51.1 Å². The lowest BCUT2D eigenvalue weighted by atomic mass is 9.71. The first-order valence-electron chi connectivity index (χ1n) is 11.3. The second-order valence-corrected chi connectivity index (χ2v) is 10.9. The molecule has 2 saturated carbocycles. The van der Waals surface area contributed by atoms with Crippen molar-refractivity contribution in [1.29, 1.82) is 0 Å². The lowest BCUT2D eigenvalue weighted by Gasteiger charge is -2.40. The van der Waals surface area contributed by atoms with Crippen LogP contribution in [-0.2, 0) is 26.5 Å². The van der Waals surface area contributed by atoms with E-state index in [0.717, 1.165) is 12.8 Å². The summed E-state index contributed by atoms with van der Waals surface area (Å²) in [5.41, 5.74) is -0.0852. The van der Waals surface area contributed by atoms with Gasteiger partial charge < -0.3 is 14.4 Å². The first-order chi connectivity index (χ1) is 14.6. The van der Waals surface area contributed by atoms with E-state index >= 15 is 0 Å². The highest BCUT2D eigenvalue weighted by Crippen LogP contribution is 2.70. The number of alkyl halides is 2. The van der Waals surface area contributed by atoms with Gasteiger partial charge in [-0.15, -0.1) is 0 Å². The molecule has 31 heavy (non-hydrogen) atoms. The Labute approximate surface area is 180 Å². The van der Waals surface area contributed by atoms with Crippen molar-refractivity contribution >= 4 is 11.9 Å². The van der Waals surface area contributed by atoms with Gasteiger partial charge in [0.1, 0.15) is 0 Å². The molecule has 166 valence electrons. The molecule has 3 fully saturated rings. The predicted octanol–water partition coefficient (Wildman–Crippen LogP) is 4.40. The number of aliphatic imine (C=N–C) groups is 1. The Kier molecular flexibility index (Phi) is 3.71. The van der Waals surface area contributed by atoms with Gasteiger partial charge in [-0.3, -0.25) is 4.79 Å². The zero-order valence-electron chi connectivity index (χ0n) is 18.0. The van der Waals surface area contributed by atoms with Crippen LogP contribution in [0.3, 0.4) is 0 Å². The Morgan fingerprint density at radius 2 is 1.61 bits per heavy atom. The van der Waals surface area contributed by atoms with E-state index in [9.17, 15) is 13.6 Å². The molecule has 0 aromatic heterocycles. The average Bonchev–Trinajstić information content (AvgIpc) is 3.31. The van der Waals surface area contributed by atoms with Crippen molar-refractivity contribution in [3.8, 4) is 0 Å². The largest absolute Gasteiger partial charge is 0.448 e. The van der Waals surface area contributed by atoms with Crippen molar-refractivity contribution in [1.82, 2.24) is 4.90 Å². The maximum absolute atomic E-state index is 14.2. The molecular formula is C24H28F2N2O3. The fraction of sp³-hybridized carbons (Fsp3) is 0.667. The van der Waals surface area contributed by atoms with Crippen LogP contribution in [0.4, 0.5) is 8.78 Å². The van der Waals surface area contributed by atoms with E-state index in [0.29, 0.717) is 38.6 Å². The molecule has 0 bridgehead atoms. The number of amidine groups is 1. The third-order valence-corrected chi connectivity index (χ3v) is 8.83. The molecule has 2 aliphatic carbocycles. The van der Waals surface area contributed by atoms with Crippen LogP contribution >= 0.6 is 0 Å². The van der Waals surface area contributed by atoms with Crippen molar-refractivity contribution in [2.45, 2.75) is 76.1 Å². The van der Waals surface area contributed by atoms with Gasteiger partial charge in [-0.1, -0.05) is 38.1 Å². The number of nitrogens with zero attached hydrogens (tertiary/aromatic N) is 2. The highest BCUT2D eigenvalue weighted by Gasteiger charge is 2.72. The second kappa shape index (κ2) is 5.85. The SMILES string of the molecule is C[C@@]12CC(F)(F)C[C@]1(C)CC1(C2)OC(N2CCC3(CC2)OCc2ccccc23)=NC1=O. The van der Waals surface area contributed by atoms with Crippen LogP contribution in [0.25, 0.3) is 0 Å². The van der Waals surface area contributed by atoms with Crippen molar-refractivity contribution in [2.75, 3.05) is 13.1 Å². The number of fused-ring (bicyclic) bond motifs is 3. The number of carbonyl (C=O) groups excluding carboxylic acids is 1. The summed E-state index contributed by atoms with van der Waals surface area (Å²) in [5.74, 6) is -2.97. The van der Waals surface area contributed by atoms with Gasteiger partial charge in [0.15, 0.2) is 5.60 Å². The Morgan fingerprint density at radius 1 is 0.968 bits per heavy atom. The second-order valence-electron chi connectivity index (χ2n) is 10.9. The molecule has 1 aromatic carbocycles. The maximum atomic E-state index is 14.2. The summed E-state index contributed by atoms with van der Waals surface area (Å²) in [6.45, 7) is 5.77. The fourth-order valence-electron chi connectivity index (χ4n) is 7.15. The van der Waals surface area contributed by atoms with Crippen LogP contribution in [-0.4, -0.2) is 41.4 Å². The van der Waals surface area contributed by atoms with Crippen LogP contribution in [0.15, 0.2) is 29.3 Å². The summed E-state index contributed by atoms with van der Waals surface area (Å²) in [6, 6.07) is 8.72. The molecule has 1 unspecified atom stereocenters. The molecule has 3 atom stereocenters. The van der Waals surface area contributed by atoms with E-state index in [4.69, 9.17) is 9.47 Å². The highest BCUT2D eigenvalue weighted by atomic mass is 19.3. The van der Waals surface area contributed by atoms with Gasteiger partial charge in [0.25, 0.3) is 11.9 Å². The average molecular weight is 430 g/mol. The number of rotatable bonds is 0. The van der Waals surface area contributed by atoms with Crippen molar-refractivity contribution in [3.05, 3.63) is 35.4 Å². The third-order valence-electron chi connectivity index (χ3n) is 8.83. The molecule has 0 radical (unpaired) electrons. The number of benzene rings is 1. The first-order valence-corrected chi connectivity index (χ1v) is 11.3. The molecule has 5 aliphatic rings. The molecule has 7 heteroatoms. The van der Waals surface area contributed by atoms with Crippen LogP contribution in [0, 0.1) is 10.8 Å². The summed E-state index contributed by atoms with van der Waals surface area (Å²) < 4.78 is 40.8. The van der Waals surface area contributed by atoms with Crippen LogP contribution in [0.2, 0.25) is 0 Å². The third kappa shape index (κ3) is 2.62. The Hall–Kier alpha value is -2.02. The summed E-state index contributed by atoms with van der Waals surface area (Å²) >= 11 is 0. The van der Waals surface area contributed by atoms with Crippen molar-refractivity contribution < 1.29 is 23.0 Å². The molecule has 6 rings (SSSR count). The highest BCUT2D eigenvalue weighted by molar-refractivity contribution is 6.01. The van der Waals surface area contributed by atoms with Crippen LogP contribution in [0.5, 0.6) is 0 Å². The van der Waals surface area contributed by atoms with E-state index in [-0.39, 0.29) is 24.3 Å². The standard InChI is InChI=1S/C24H28F2N2O3/c1-20-12-23(13-21(20,2)15-24(25,26)14-20)18(29)27-19(31-23)28-9-7-22(8-10-28)17-6-4-3-5-16(17)11-30-22/h3-6H,7-15H2,1-2H3/t20-,21+,23?. The number of halogens is 2. The number of likely N-dealkylation sites (tertiary alicyclic amines) is 1. The van der Waals surface area contributed by atoms with Gasteiger partial charge in [-0.05, 0) is 34.8 Å². The number of carbonyl (C=O) groups is 1. The van der Waals surface area contributed by atoms with Gasteiger partial charge in [0.2, 0.25) is 5.92 Å². The van der Waals surface area contributed by atoms with Gasteiger partial charge in [-0.2, -0.15) is 4.99 Å². The molecule has 1 amide bonds. The molecular weight excluding hydrogens is 402 g/mol. The summed E-state index contributed by atoms with van der Waals surface area (Å²) in [7, 11) is 0. The Balaban J connectivity index is 1.18. The first kappa shape index (κ1) is 19.6. The molecule has 1 aromatic rings. The summed E-state index contributed by atoms with van der Waals surface area (Å²) in [6.07, 6.45) is 1.85. The lowest BCUT2D eigenvalue weighted by molar-refractivity contribution is -0.132. The summed E-state index contributed by atoms with van der Waals surface area (Å²) in [5, 5.41) is 0. The van der Waals surface area contributed by atoms with Crippen LogP contribution < -0.4 is 0 Å². The molecule has 2 spiro atoms. The van der Waals surface area contributed by atoms with Gasteiger partial charge in [0, 0.05) is 38.8 Å². The number of hydrogen-bond donors (Lipinski definition) is 0. The van der Waals surface area contributed by atoms with Gasteiger partial charge >= 0.3 is 0 Å². The Morgan fingerprint density at radius 3 is 2.29 bits per heavy atom. The van der Waals surface area contributed by atoms with Gasteiger partial charge in [-0.25, -0.2) is 8.78 Å². The van der Waals surface area contributed by atoms with Crippen LogP contribution in [0.1, 0.15) is 63.5 Å².